The summed E-state index contributed by atoms with van der Waals surface area (Å²) >= 11 is 0. The van der Waals surface area contributed by atoms with Crippen LogP contribution in [0.25, 0.3) is 11.1 Å². The van der Waals surface area contributed by atoms with Gasteiger partial charge in [0.15, 0.2) is 0 Å². The lowest BCUT2D eigenvalue weighted by molar-refractivity contribution is 0.198. The number of hydrogen-bond donors (Lipinski definition) is 2. The maximum absolute atomic E-state index is 11.9. The molecule has 34 heavy (non-hydrogen) atoms. The van der Waals surface area contributed by atoms with Gasteiger partial charge in [-0.15, -0.1) is 0 Å². The molecule has 3 rings (SSSR count). The van der Waals surface area contributed by atoms with Crippen LogP contribution < -0.4 is 14.4 Å². The Morgan fingerprint density at radius 1 is 1.29 bits per heavy atom. The number of ether oxygens (including phenoxy) is 1. The summed E-state index contributed by atoms with van der Waals surface area (Å²) in [7, 11) is -6.52. The molecule has 188 valence electrons. The fourth-order valence-corrected chi connectivity index (χ4v) is 4.94. The fourth-order valence-electron chi connectivity index (χ4n) is 3.82. The van der Waals surface area contributed by atoms with E-state index in [2.05, 4.69) is 9.82 Å². The molecule has 2 heterocycles. The van der Waals surface area contributed by atoms with E-state index in [-0.39, 0.29) is 37.2 Å². The minimum absolute atomic E-state index is 0.0445. The van der Waals surface area contributed by atoms with E-state index in [0.717, 1.165) is 11.8 Å². The maximum atomic E-state index is 11.9. The third-order valence-corrected chi connectivity index (χ3v) is 7.97. The number of nitrogens with zero attached hydrogens (tertiary/aromatic N) is 3. The van der Waals surface area contributed by atoms with Crippen LogP contribution in [0.15, 0.2) is 24.5 Å². The van der Waals surface area contributed by atoms with Crippen LogP contribution in [0, 0.1) is 0 Å². The van der Waals surface area contributed by atoms with E-state index < -0.39 is 26.0 Å². The second kappa shape index (κ2) is 10.3. The Labute approximate surface area is 199 Å². The van der Waals surface area contributed by atoms with E-state index in [1.165, 1.54) is 16.5 Å². The highest BCUT2D eigenvalue weighted by molar-refractivity contribution is 7.90. The van der Waals surface area contributed by atoms with Crippen LogP contribution >= 0.6 is 0 Å². The van der Waals surface area contributed by atoms with Gasteiger partial charge in [0.1, 0.15) is 22.2 Å². The lowest BCUT2D eigenvalue weighted by Gasteiger charge is -2.34. The average Bonchev–Trinajstić information content (AvgIpc) is 3.23. The first-order valence-corrected chi connectivity index (χ1v) is 14.6. The molecule has 0 saturated carbocycles. The Balaban J connectivity index is 1.96. The van der Waals surface area contributed by atoms with E-state index in [4.69, 9.17) is 4.74 Å². The molecule has 0 saturated heterocycles. The SMILES string of the molecule is CCS(=O)(=O)NCCOc1c(-c2cnn(CCS(C)(=O)=O)c2)ccc2c1CC[C@H](C)N2C(=O)O. The van der Waals surface area contributed by atoms with Gasteiger partial charge < -0.3 is 9.84 Å². The maximum Gasteiger partial charge on any atom is 0.412 e. The molecule has 1 amide bonds. The lowest BCUT2D eigenvalue weighted by Crippen LogP contribution is -2.41. The summed E-state index contributed by atoms with van der Waals surface area (Å²) in [6.45, 7) is 3.69. The molecular weight excluding hydrogens is 484 g/mol. The van der Waals surface area contributed by atoms with Crippen LogP contribution in [0.3, 0.4) is 0 Å². The third-order valence-electron chi connectivity index (χ3n) is 5.64. The molecule has 0 unspecified atom stereocenters. The highest BCUT2D eigenvalue weighted by Crippen LogP contribution is 2.43. The molecule has 1 aromatic carbocycles. The minimum Gasteiger partial charge on any atom is -0.491 e. The summed E-state index contributed by atoms with van der Waals surface area (Å²) in [6, 6.07) is 3.28. The number of carboxylic acid groups (broad SMARTS) is 1. The van der Waals surface area contributed by atoms with Gasteiger partial charge in [-0.25, -0.2) is 26.4 Å². The van der Waals surface area contributed by atoms with Crippen molar-refractivity contribution in [3.05, 3.63) is 30.1 Å². The van der Waals surface area contributed by atoms with E-state index >= 15 is 0 Å². The Morgan fingerprint density at radius 3 is 2.68 bits per heavy atom. The van der Waals surface area contributed by atoms with Gasteiger partial charge in [0.05, 0.1) is 29.9 Å². The van der Waals surface area contributed by atoms with Crippen LogP contribution in [-0.4, -0.2) is 74.8 Å². The van der Waals surface area contributed by atoms with Crippen LogP contribution in [0.4, 0.5) is 10.5 Å². The van der Waals surface area contributed by atoms with Gasteiger partial charge in [0.2, 0.25) is 10.0 Å². The molecule has 1 atom stereocenters. The lowest BCUT2D eigenvalue weighted by atomic mass is 9.92. The Hall–Kier alpha value is -2.64. The van der Waals surface area contributed by atoms with Gasteiger partial charge in [0.25, 0.3) is 0 Å². The largest absolute Gasteiger partial charge is 0.491 e. The van der Waals surface area contributed by atoms with Gasteiger partial charge in [-0.2, -0.15) is 5.10 Å². The number of rotatable bonds is 10. The van der Waals surface area contributed by atoms with Gasteiger partial charge in [0, 0.05) is 41.7 Å². The first-order valence-electron chi connectivity index (χ1n) is 10.9. The fraction of sp³-hybridized carbons (Fsp3) is 0.524. The van der Waals surface area contributed by atoms with Crippen molar-refractivity contribution in [1.82, 2.24) is 14.5 Å². The zero-order chi connectivity index (χ0) is 25.1. The van der Waals surface area contributed by atoms with Crippen molar-refractivity contribution in [2.45, 2.75) is 39.3 Å². The molecule has 0 bridgehead atoms. The standard InChI is InChI=1S/C21H30N4O7S2/c1-4-34(30,31)23-9-11-32-20-17(16-13-22-24(14-16)10-12-33(3,28)29)7-8-19-18(20)6-5-15(2)25(19)21(26)27/h7-8,13-15,23H,4-6,9-12H2,1-3H3,(H,26,27)/t15-/m0/s1. The smallest absolute Gasteiger partial charge is 0.412 e. The van der Waals surface area contributed by atoms with Crippen molar-refractivity contribution < 1.29 is 31.5 Å². The molecular formula is C21H30N4O7S2. The molecule has 11 nitrogen and oxygen atoms in total. The predicted octanol–water partition coefficient (Wildman–Crippen LogP) is 1.73. The van der Waals surface area contributed by atoms with Gasteiger partial charge in [-0.1, -0.05) is 0 Å². The zero-order valence-electron chi connectivity index (χ0n) is 19.4. The van der Waals surface area contributed by atoms with Gasteiger partial charge in [-0.3, -0.25) is 9.58 Å². The molecule has 1 aliphatic rings. The van der Waals surface area contributed by atoms with E-state index in [0.29, 0.717) is 35.4 Å². The predicted molar refractivity (Wildman–Crippen MR) is 129 cm³/mol. The Bertz CT molecular complexity index is 1260. The number of benzene rings is 1. The number of hydrogen-bond acceptors (Lipinski definition) is 7. The molecule has 2 aromatic rings. The summed E-state index contributed by atoms with van der Waals surface area (Å²) in [6.07, 6.45) is 4.60. The normalized spacial score (nSPS) is 16.3. The molecule has 2 N–H and O–H groups in total. The number of sulfone groups is 1. The highest BCUT2D eigenvalue weighted by Gasteiger charge is 2.31. The monoisotopic (exact) mass is 514 g/mol. The molecule has 1 aliphatic heterocycles. The van der Waals surface area contributed by atoms with Crippen molar-refractivity contribution in [2.75, 3.05) is 35.8 Å². The van der Waals surface area contributed by atoms with Gasteiger partial charge in [-0.05, 0) is 38.8 Å². The molecule has 13 heteroatoms. The topological polar surface area (TPSA) is 148 Å². The number of aryl methyl sites for hydroxylation is 1. The Morgan fingerprint density at radius 2 is 2.03 bits per heavy atom. The highest BCUT2D eigenvalue weighted by atomic mass is 32.2. The van der Waals surface area contributed by atoms with E-state index in [9.17, 15) is 26.7 Å². The number of fused-ring (bicyclic) bond motifs is 1. The summed E-state index contributed by atoms with van der Waals surface area (Å²) in [5.41, 5.74) is 2.60. The number of sulfonamides is 1. The Kier molecular flexibility index (Phi) is 7.88. The van der Waals surface area contributed by atoms with Crippen LogP contribution in [-0.2, 0) is 32.8 Å². The summed E-state index contributed by atoms with van der Waals surface area (Å²) < 4.78 is 56.4. The molecule has 0 radical (unpaired) electrons. The van der Waals surface area contributed by atoms with E-state index in [1.807, 2.05) is 6.92 Å². The quantitative estimate of drug-likeness (QED) is 0.456. The third kappa shape index (κ3) is 6.27. The zero-order valence-corrected chi connectivity index (χ0v) is 21.0. The second-order valence-electron chi connectivity index (χ2n) is 8.25. The molecule has 0 fully saturated rings. The summed E-state index contributed by atoms with van der Waals surface area (Å²) in [4.78, 5) is 13.2. The van der Waals surface area contributed by atoms with Crippen molar-refractivity contribution >= 4 is 31.6 Å². The second-order valence-corrected chi connectivity index (χ2v) is 12.6. The van der Waals surface area contributed by atoms with Crippen molar-refractivity contribution in [1.29, 1.82) is 0 Å². The molecule has 0 spiro atoms. The first-order chi connectivity index (χ1) is 15.9. The van der Waals surface area contributed by atoms with E-state index in [1.54, 1.807) is 24.5 Å². The van der Waals surface area contributed by atoms with Crippen LogP contribution in [0.2, 0.25) is 0 Å². The first kappa shape index (κ1) is 26.0. The molecule has 0 aliphatic carbocycles. The average molecular weight is 515 g/mol. The minimum atomic E-state index is -3.37. The van der Waals surface area contributed by atoms with Crippen molar-refractivity contribution in [3.63, 3.8) is 0 Å². The number of aromatic nitrogens is 2. The summed E-state index contributed by atoms with van der Waals surface area (Å²) in [5.74, 6) is 0.371. The number of carbonyl (C=O) groups is 1. The van der Waals surface area contributed by atoms with Crippen LogP contribution in [0.1, 0.15) is 25.8 Å². The number of nitrogens with one attached hydrogen (secondary N) is 1. The van der Waals surface area contributed by atoms with Crippen LogP contribution in [0.5, 0.6) is 5.75 Å². The van der Waals surface area contributed by atoms with Crippen molar-refractivity contribution in [3.8, 4) is 16.9 Å². The van der Waals surface area contributed by atoms with Crippen molar-refractivity contribution in [2.24, 2.45) is 0 Å². The number of amides is 1. The summed E-state index contributed by atoms with van der Waals surface area (Å²) in [5, 5.41) is 14.0. The number of anilines is 1. The molecule has 1 aromatic heterocycles. The van der Waals surface area contributed by atoms with Gasteiger partial charge >= 0.3 is 6.09 Å².